The second-order valence-electron chi connectivity index (χ2n) is 7.56. The van der Waals surface area contributed by atoms with E-state index in [1.54, 1.807) is 23.8 Å². The standard InChI is InChI=1S/C20H21F2N7O2/c1-11(13-9-31-10-13)23-20-24-19(30-2)18-14(5-6-28(18)26-20)12-3-4-15-16(7-12)29(27-25-15)8-17(21)22/h3-7,11,13,17H,8-10H2,1-2H3,(H,23,26)/t11-/m1/s1. The number of nitrogens with one attached hydrogen (secondary N) is 1. The van der Waals surface area contributed by atoms with Crippen molar-refractivity contribution in [2.45, 2.75) is 25.9 Å². The second kappa shape index (κ2) is 7.73. The van der Waals surface area contributed by atoms with Crippen LogP contribution >= 0.6 is 0 Å². The van der Waals surface area contributed by atoms with E-state index in [2.05, 4.69) is 32.6 Å². The Labute approximate surface area is 176 Å². The van der Waals surface area contributed by atoms with E-state index in [0.717, 1.165) is 24.3 Å². The van der Waals surface area contributed by atoms with Crippen LogP contribution in [-0.4, -0.2) is 62.4 Å². The Morgan fingerprint density at radius 3 is 2.84 bits per heavy atom. The summed E-state index contributed by atoms with van der Waals surface area (Å²) >= 11 is 0. The smallest absolute Gasteiger partial charge is 0.258 e. The van der Waals surface area contributed by atoms with Crippen molar-refractivity contribution < 1.29 is 18.3 Å². The number of hydrogen-bond acceptors (Lipinski definition) is 7. The molecule has 0 spiro atoms. The lowest BCUT2D eigenvalue weighted by Gasteiger charge is -2.31. The summed E-state index contributed by atoms with van der Waals surface area (Å²) in [5.41, 5.74) is 3.38. The molecule has 31 heavy (non-hydrogen) atoms. The van der Waals surface area contributed by atoms with Crippen LogP contribution in [0.25, 0.3) is 27.7 Å². The monoisotopic (exact) mass is 429 g/mol. The average Bonchev–Trinajstić information content (AvgIpc) is 3.29. The Morgan fingerprint density at radius 1 is 1.29 bits per heavy atom. The fourth-order valence-electron chi connectivity index (χ4n) is 3.69. The second-order valence-corrected chi connectivity index (χ2v) is 7.56. The molecule has 4 aromatic rings. The van der Waals surface area contributed by atoms with Gasteiger partial charge < -0.3 is 14.8 Å². The summed E-state index contributed by atoms with van der Waals surface area (Å²) < 4.78 is 39.5. The highest BCUT2D eigenvalue weighted by atomic mass is 19.3. The number of methoxy groups -OCH3 is 1. The van der Waals surface area contributed by atoms with E-state index in [1.807, 2.05) is 18.3 Å². The molecule has 162 valence electrons. The zero-order valence-electron chi connectivity index (χ0n) is 17.0. The van der Waals surface area contributed by atoms with Gasteiger partial charge in [0.15, 0.2) is 0 Å². The van der Waals surface area contributed by atoms with Crippen LogP contribution in [0.2, 0.25) is 0 Å². The zero-order chi connectivity index (χ0) is 21.5. The number of benzene rings is 1. The van der Waals surface area contributed by atoms with E-state index >= 15 is 0 Å². The molecule has 0 unspecified atom stereocenters. The summed E-state index contributed by atoms with van der Waals surface area (Å²) in [6.07, 6.45) is -0.701. The van der Waals surface area contributed by atoms with Gasteiger partial charge in [-0.05, 0) is 30.7 Å². The van der Waals surface area contributed by atoms with Crippen LogP contribution in [0.1, 0.15) is 6.92 Å². The quantitative estimate of drug-likeness (QED) is 0.483. The summed E-state index contributed by atoms with van der Waals surface area (Å²) in [5.74, 6) is 1.29. The first kappa shape index (κ1) is 19.6. The summed E-state index contributed by atoms with van der Waals surface area (Å²) in [6, 6.07) is 7.47. The number of anilines is 1. The average molecular weight is 429 g/mol. The first-order valence-electron chi connectivity index (χ1n) is 9.93. The summed E-state index contributed by atoms with van der Waals surface area (Å²) in [7, 11) is 1.55. The van der Waals surface area contributed by atoms with Gasteiger partial charge in [0.2, 0.25) is 11.8 Å². The van der Waals surface area contributed by atoms with Gasteiger partial charge in [-0.2, -0.15) is 4.98 Å². The molecular formula is C20H21F2N7O2. The Bertz CT molecular complexity index is 1240. The first-order valence-corrected chi connectivity index (χ1v) is 9.93. The number of alkyl halides is 2. The molecule has 0 saturated carbocycles. The van der Waals surface area contributed by atoms with E-state index in [9.17, 15) is 8.78 Å². The van der Waals surface area contributed by atoms with Gasteiger partial charge in [-0.15, -0.1) is 10.2 Å². The normalized spacial score (nSPS) is 15.5. The zero-order valence-corrected chi connectivity index (χ0v) is 17.0. The van der Waals surface area contributed by atoms with Crippen LogP contribution in [-0.2, 0) is 11.3 Å². The molecule has 0 bridgehead atoms. The molecule has 0 radical (unpaired) electrons. The lowest BCUT2D eigenvalue weighted by Crippen LogP contribution is -2.40. The molecule has 1 aliphatic heterocycles. The number of ether oxygens (including phenoxy) is 2. The van der Waals surface area contributed by atoms with Crippen LogP contribution in [0.5, 0.6) is 5.88 Å². The molecule has 1 aliphatic rings. The minimum Gasteiger partial charge on any atom is -0.479 e. The van der Waals surface area contributed by atoms with Crippen molar-refractivity contribution in [1.82, 2.24) is 29.6 Å². The molecule has 11 heteroatoms. The maximum atomic E-state index is 12.9. The number of halogens is 2. The highest BCUT2D eigenvalue weighted by molar-refractivity contribution is 5.89. The van der Waals surface area contributed by atoms with Crippen LogP contribution in [0.15, 0.2) is 30.5 Å². The Kier molecular flexibility index (Phi) is 4.89. The van der Waals surface area contributed by atoms with Gasteiger partial charge >= 0.3 is 0 Å². The maximum Gasteiger partial charge on any atom is 0.258 e. The molecule has 5 rings (SSSR count). The minimum atomic E-state index is -2.52. The van der Waals surface area contributed by atoms with Gasteiger partial charge in [-0.25, -0.2) is 18.0 Å². The van der Waals surface area contributed by atoms with Crippen molar-refractivity contribution in [3.63, 3.8) is 0 Å². The fourth-order valence-corrected chi connectivity index (χ4v) is 3.69. The third-order valence-electron chi connectivity index (χ3n) is 5.54. The SMILES string of the molecule is COc1nc(N[C@H](C)C2COC2)nn2ccc(-c3ccc4nnn(CC(F)F)c4c3)c12. The van der Waals surface area contributed by atoms with E-state index < -0.39 is 13.0 Å². The summed E-state index contributed by atoms with van der Waals surface area (Å²) in [5, 5.41) is 15.7. The van der Waals surface area contributed by atoms with E-state index in [0.29, 0.717) is 34.3 Å². The minimum absolute atomic E-state index is 0.163. The van der Waals surface area contributed by atoms with Gasteiger partial charge in [0.25, 0.3) is 6.43 Å². The molecule has 0 aliphatic carbocycles. The third kappa shape index (κ3) is 3.54. The Balaban J connectivity index is 1.54. The molecule has 1 fully saturated rings. The van der Waals surface area contributed by atoms with Gasteiger partial charge in [0.1, 0.15) is 17.6 Å². The molecule has 9 nitrogen and oxygen atoms in total. The largest absolute Gasteiger partial charge is 0.479 e. The van der Waals surface area contributed by atoms with Crippen molar-refractivity contribution in [2.24, 2.45) is 5.92 Å². The Hall–Kier alpha value is -3.34. The number of aromatic nitrogens is 6. The molecule has 3 aromatic heterocycles. The molecule has 1 atom stereocenters. The number of rotatable bonds is 7. The Morgan fingerprint density at radius 2 is 2.13 bits per heavy atom. The lowest BCUT2D eigenvalue weighted by molar-refractivity contribution is -0.0380. The molecular weight excluding hydrogens is 408 g/mol. The van der Waals surface area contributed by atoms with Gasteiger partial charge in [-0.1, -0.05) is 11.3 Å². The predicted octanol–water partition coefficient (Wildman–Crippen LogP) is 2.86. The van der Waals surface area contributed by atoms with Gasteiger partial charge in [0, 0.05) is 23.7 Å². The highest BCUT2D eigenvalue weighted by Crippen LogP contribution is 2.33. The van der Waals surface area contributed by atoms with E-state index in [4.69, 9.17) is 9.47 Å². The van der Waals surface area contributed by atoms with Crippen LogP contribution in [0.3, 0.4) is 0 Å². The highest BCUT2D eigenvalue weighted by Gasteiger charge is 2.26. The van der Waals surface area contributed by atoms with Crippen LogP contribution in [0, 0.1) is 5.92 Å². The fraction of sp³-hybridized carbons (Fsp3) is 0.400. The molecule has 4 heterocycles. The topological polar surface area (TPSA) is 91.4 Å². The van der Waals surface area contributed by atoms with Crippen molar-refractivity contribution >= 4 is 22.5 Å². The number of hydrogen-bond donors (Lipinski definition) is 1. The van der Waals surface area contributed by atoms with Gasteiger partial charge in [0.05, 0.1) is 25.8 Å². The number of nitrogens with zero attached hydrogens (tertiary/aromatic N) is 6. The molecule has 1 aromatic carbocycles. The van der Waals surface area contributed by atoms with Crippen molar-refractivity contribution in [3.05, 3.63) is 30.5 Å². The van der Waals surface area contributed by atoms with Gasteiger partial charge in [-0.3, -0.25) is 0 Å². The van der Waals surface area contributed by atoms with Crippen LogP contribution in [0.4, 0.5) is 14.7 Å². The van der Waals surface area contributed by atoms with Crippen molar-refractivity contribution in [2.75, 3.05) is 25.6 Å². The predicted molar refractivity (Wildman–Crippen MR) is 109 cm³/mol. The van der Waals surface area contributed by atoms with Crippen LogP contribution < -0.4 is 10.1 Å². The summed E-state index contributed by atoms with van der Waals surface area (Å²) in [6.45, 7) is 3.00. The first-order chi connectivity index (χ1) is 15.0. The maximum absolute atomic E-state index is 12.9. The molecule has 0 amide bonds. The van der Waals surface area contributed by atoms with Crippen molar-refractivity contribution in [1.29, 1.82) is 0 Å². The van der Waals surface area contributed by atoms with Crippen molar-refractivity contribution in [3.8, 4) is 17.0 Å². The van der Waals surface area contributed by atoms with E-state index in [-0.39, 0.29) is 6.04 Å². The molecule has 1 N–H and O–H groups in total. The lowest BCUT2D eigenvalue weighted by atomic mass is 10.0. The molecule has 1 saturated heterocycles. The number of fused-ring (bicyclic) bond motifs is 2. The van der Waals surface area contributed by atoms with E-state index in [1.165, 1.54) is 4.68 Å². The third-order valence-corrected chi connectivity index (χ3v) is 5.54. The summed E-state index contributed by atoms with van der Waals surface area (Å²) in [4.78, 5) is 4.53.